The van der Waals surface area contributed by atoms with Gasteiger partial charge in [0.15, 0.2) is 0 Å². The average Bonchev–Trinajstić information content (AvgIpc) is 2.88. The first-order chi connectivity index (χ1) is 7.27. The van der Waals surface area contributed by atoms with Crippen molar-refractivity contribution in [3.05, 3.63) is 22.4 Å². The molecule has 1 aromatic rings. The predicted octanol–water partition coefficient (Wildman–Crippen LogP) is 1.57. The first kappa shape index (κ1) is 10.6. The molecule has 1 aliphatic heterocycles. The van der Waals surface area contributed by atoms with Gasteiger partial charge in [0.1, 0.15) is 0 Å². The molecule has 0 saturated carbocycles. The zero-order valence-electron chi connectivity index (χ0n) is 8.90. The van der Waals surface area contributed by atoms with Gasteiger partial charge in [-0.3, -0.25) is 4.79 Å². The summed E-state index contributed by atoms with van der Waals surface area (Å²) >= 11 is 1.51. The lowest BCUT2D eigenvalue weighted by Gasteiger charge is -2.20. The number of likely N-dealkylation sites (N-methyl/N-ethyl adjacent to an activating group) is 1. The highest BCUT2D eigenvalue weighted by atomic mass is 32.1. The van der Waals surface area contributed by atoms with Crippen LogP contribution in [0.5, 0.6) is 0 Å². The summed E-state index contributed by atoms with van der Waals surface area (Å²) in [6.07, 6.45) is 2.41. The van der Waals surface area contributed by atoms with E-state index >= 15 is 0 Å². The summed E-state index contributed by atoms with van der Waals surface area (Å²) < 4.78 is 0. The molecule has 0 radical (unpaired) electrons. The van der Waals surface area contributed by atoms with Gasteiger partial charge in [0, 0.05) is 19.6 Å². The van der Waals surface area contributed by atoms with E-state index in [9.17, 15) is 4.79 Å². The molecule has 4 heteroatoms. The standard InChI is InChI=1S/C11H16N2OS/c1-13(8-9-4-2-6-12-9)11(14)10-5-3-7-15-10/h3,5,7,9,12H,2,4,6,8H2,1H3. The van der Waals surface area contributed by atoms with Crippen LogP contribution in [-0.4, -0.2) is 37.0 Å². The van der Waals surface area contributed by atoms with E-state index in [1.54, 1.807) is 0 Å². The van der Waals surface area contributed by atoms with Gasteiger partial charge in [-0.2, -0.15) is 0 Å². The number of thiophene rings is 1. The van der Waals surface area contributed by atoms with Crippen LogP contribution in [0.1, 0.15) is 22.5 Å². The van der Waals surface area contributed by atoms with Crippen molar-refractivity contribution in [2.75, 3.05) is 20.1 Å². The van der Waals surface area contributed by atoms with E-state index in [1.165, 1.54) is 24.2 Å². The van der Waals surface area contributed by atoms with E-state index in [0.717, 1.165) is 18.0 Å². The number of carbonyl (C=O) groups is 1. The smallest absolute Gasteiger partial charge is 0.263 e. The Labute approximate surface area is 94.1 Å². The lowest BCUT2D eigenvalue weighted by Crippen LogP contribution is -2.38. The third kappa shape index (κ3) is 2.58. The number of hydrogen-bond donors (Lipinski definition) is 1. The van der Waals surface area contributed by atoms with Gasteiger partial charge in [0.05, 0.1) is 4.88 Å². The Morgan fingerprint density at radius 3 is 3.20 bits per heavy atom. The fourth-order valence-electron chi connectivity index (χ4n) is 1.91. The van der Waals surface area contributed by atoms with Crippen molar-refractivity contribution in [1.82, 2.24) is 10.2 Å². The Hall–Kier alpha value is -0.870. The highest BCUT2D eigenvalue weighted by Gasteiger charge is 2.19. The van der Waals surface area contributed by atoms with Crippen LogP contribution in [0.15, 0.2) is 17.5 Å². The Morgan fingerprint density at radius 2 is 2.60 bits per heavy atom. The van der Waals surface area contributed by atoms with Crippen LogP contribution < -0.4 is 5.32 Å². The molecular weight excluding hydrogens is 208 g/mol. The lowest BCUT2D eigenvalue weighted by atomic mass is 10.2. The Kier molecular flexibility index (Phi) is 3.38. The van der Waals surface area contributed by atoms with E-state index in [4.69, 9.17) is 0 Å². The van der Waals surface area contributed by atoms with E-state index in [-0.39, 0.29) is 5.91 Å². The van der Waals surface area contributed by atoms with Crippen molar-refractivity contribution in [2.24, 2.45) is 0 Å². The van der Waals surface area contributed by atoms with Crippen molar-refractivity contribution < 1.29 is 4.79 Å². The minimum absolute atomic E-state index is 0.138. The molecule has 1 aromatic heterocycles. The van der Waals surface area contributed by atoms with Crippen molar-refractivity contribution in [3.8, 4) is 0 Å². The SMILES string of the molecule is CN(CC1CCCN1)C(=O)c1cccs1. The van der Waals surface area contributed by atoms with Gasteiger partial charge in [-0.1, -0.05) is 6.07 Å². The molecule has 2 rings (SSSR count). The summed E-state index contributed by atoms with van der Waals surface area (Å²) in [5.74, 6) is 0.138. The molecule has 1 N–H and O–H groups in total. The summed E-state index contributed by atoms with van der Waals surface area (Å²) in [5.41, 5.74) is 0. The minimum atomic E-state index is 0.138. The molecule has 0 aromatic carbocycles. The summed E-state index contributed by atoms with van der Waals surface area (Å²) in [7, 11) is 1.88. The normalized spacial score (nSPS) is 20.5. The van der Waals surface area contributed by atoms with Crippen LogP contribution in [0, 0.1) is 0 Å². The number of rotatable bonds is 3. The summed E-state index contributed by atoms with van der Waals surface area (Å²) in [4.78, 5) is 14.5. The van der Waals surface area contributed by atoms with Crippen molar-refractivity contribution in [1.29, 1.82) is 0 Å². The fraction of sp³-hybridized carbons (Fsp3) is 0.545. The van der Waals surface area contributed by atoms with Gasteiger partial charge >= 0.3 is 0 Å². The number of amides is 1. The van der Waals surface area contributed by atoms with Crippen LogP contribution in [0.3, 0.4) is 0 Å². The zero-order chi connectivity index (χ0) is 10.7. The highest BCUT2D eigenvalue weighted by molar-refractivity contribution is 7.12. The molecule has 1 aliphatic rings. The van der Waals surface area contributed by atoms with Gasteiger partial charge in [-0.05, 0) is 30.8 Å². The molecule has 0 aliphatic carbocycles. The Morgan fingerprint density at radius 1 is 1.73 bits per heavy atom. The van der Waals surface area contributed by atoms with Gasteiger partial charge in [0.2, 0.25) is 0 Å². The fourth-order valence-corrected chi connectivity index (χ4v) is 2.63. The average molecular weight is 224 g/mol. The van der Waals surface area contributed by atoms with Crippen LogP contribution >= 0.6 is 11.3 Å². The van der Waals surface area contributed by atoms with E-state index in [1.807, 2.05) is 29.5 Å². The third-order valence-corrected chi connectivity index (χ3v) is 3.59. The quantitative estimate of drug-likeness (QED) is 0.845. The van der Waals surface area contributed by atoms with Crippen LogP contribution in [0.2, 0.25) is 0 Å². The van der Waals surface area contributed by atoms with Crippen LogP contribution in [0.25, 0.3) is 0 Å². The Balaban J connectivity index is 1.90. The van der Waals surface area contributed by atoms with E-state index in [0.29, 0.717) is 6.04 Å². The molecule has 1 saturated heterocycles. The Bertz CT molecular complexity index is 317. The maximum atomic E-state index is 11.9. The monoisotopic (exact) mass is 224 g/mol. The van der Waals surface area contributed by atoms with Gasteiger partial charge in [-0.15, -0.1) is 11.3 Å². The molecule has 1 amide bonds. The van der Waals surface area contributed by atoms with Crippen molar-refractivity contribution in [3.63, 3.8) is 0 Å². The number of hydrogen-bond acceptors (Lipinski definition) is 3. The van der Waals surface area contributed by atoms with Crippen LogP contribution in [-0.2, 0) is 0 Å². The zero-order valence-corrected chi connectivity index (χ0v) is 9.72. The molecule has 0 spiro atoms. The number of carbonyl (C=O) groups excluding carboxylic acids is 1. The summed E-state index contributed by atoms with van der Waals surface area (Å²) in [5, 5.41) is 5.34. The second-order valence-electron chi connectivity index (χ2n) is 3.96. The van der Waals surface area contributed by atoms with Crippen molar-refractivity contribution in [2.45, 2.75) is 18.9 Å². The summed E-state index contributed by atoms with van der Waals surface area (Å²) in [6, 6.07) is 4.28. The second kappa shape index (κ2) is 4.77. The van der Waals surface area contributed by atoms with Gasteiger partial charge in [0.25, 0.3) is 5.91 Å². The maximum Gasteiger partial charge on any atom is 0.263 e. The predicted molar refractivity (Wildman–Crippen MR) is 62.3 cm³/mol. The molecule has 82 valence electrons. The molecule has 1 fully saturated rings. The highest BCUT2D eigenvalue weighted by Crippen LogP contribution is 2.13. The minimum Gasteiger partial charge on any atom is -0.339 e. The molecule has 2 heterocycles. The first-order valence-corrected chi connectivity index (χ1v) is 6.17. The topological polar surface area (TPSA) is 32.3 Å². The van der Waals surface area contributed by atoms with E-state index < -0.39 is 0 Å². The largest absolute Gasteiger partial charge is 0.339 e. The molecule has 1 atom stereocenters. The number of nitrogens with one attached hydrogen (secondary N) is 1. The number of nitrogens with zero attached hydrogens (tertiary/aromatic N) is 1. The maximum absolute atomic E-state index is 11.9. The van der Waals surface area contributed by atoms with Crippen molar-refractivity contribution >= 4 is 17.2 Å². The van der Waals surface area contributed by atoms with Gasteiger partial charge < -0.3 is 10.2 Å². The van der Waals surface area contributed by atoms with E-state index in [2.05, 4.69) is 5.32 Å². The molecule has 0 bridgehead atoms. The lowest BCUT2D eigenvalue weighted by molar-refractivity contribution is 0.0788. The second-order valence-corrected chi connectivity index (χ2v) is 4.90. The summed E-state index contributed by atoms with van der Waals surface area (Å²) in [6.45, 7) is 1.91. The third-order valence-electron chi connectivity index (χ3n) is 2.74. The molecule has 15 heavy (non-hydrogen) atoms. The van der Waals surface area contributed by atoms with Gasteiger partial charge in [-0.25, -0.2) is 0 Å². The molecule has 1 unspecified atom stereocenters. The molecule has 3 nitrogen and oxygen atoms in total. The first-order valence-electron chi connectivity index (χ1n) is 5.30. The molecular formula is C11H16N2OS. The van der Waals surface area contributed by atoms with Crippen LogP contribution in [0.4, 0.5) is 0 Å².